The maximum atomic E-state index is 10.9. The third-order valence-electron chi connectivity index (χ3n) is 1.56. The van der Waals surface area contributed by atoms with Crippen LogP contribution in [0.3, 0.4) is 0 Å². The summed E-state index contributed by atoms with van der Waals surface area (Å²) in [6, 6.07) is 2.00. The third kappa shape index (κ3) is 10.1. The summed E-state index contributed by atoms with van der Waals surface area (Å²) in [6.45, 7) is -0.0228. The van der Waals surface area contributed by atoms with E-state index in [0.29, 0.717) is 19.3 Å². The normalized spacial score (nSPS) is 8.44. The molecule has 5 heteroatoms. The molecule has 16 heavy (non-hydrogen) atoms. The van der Waals surface area contributed by atoms with Crippen LogP contribution in [0.1, 0.15) is 32.1 Å². The Kier molecular flexibility index (Phi) is 8.34. The molecule has 0 atom stereocenters. The topological polar surface area (TPSA) is 87.4 Å². The van der Waals surface area contributed by atoms with Crippen LogP contribution in [0.4, 0.5) is 0 Å². The second-order valence-corrected chi connectivity index (χ2v) is 2.92. The zero-order chi connectivity index (χ0) is 12.2. The summed E-state index contributed by atoms with van der Waals surface area (Å²) in [7, 11) is 0. The molecule has 0 fully saturated rings. The van der Waals surface area contributed by atoms with Crippen LogP contribution < -0.4 is 0 Å². The Morgan fingerprint density at radius 3 is 2.56 bits per heavy atom. The molecule has 0 aromatic carbocycles. The van der Waals surface area contributed by atoms with Crippen molar-refractivity contribution >= 4 is 11.9 Å². The minimum Gasteiger partial charge on any atom is -0.481 e. The smallest absolute Gasteiger partial charge is 0.307 e. The molecule has 0 amide bonds. The van der Waals surface area contributed by atoms with E-state index in [1.807, 2.05) is 6.07 Å². The largest absolute Gasteiger partial charge is 0.481 e. The highest BCUT2D eigenvalue weighted by atomic mass is 16.5. The van der Waals surface area contributed by atoms with Gasteiger partial charge in [0, 0.05) is 12.8 Å². The highest BCUT2D eigenvalue weighted by Gasteiger charge is 2.04. The van der Waals surface area contributed by atoms with Crippen molar-refractivity contribution in [2.24, 2.45) is 0 Å². The van der Waals surface area contributed by atoms with Crippen molar-refractivity contribution in [3.05, 3.63) is 0 Å². The summed E-state index contributed by atoms with van der Waals surface area (Å²) in [5.74, 6) is 3.77. The Labute approximate surface area is 94.0 Å². The first-order chi connectivity index (χ1) is 7.66. The van der Waals surface area contributed by atoms with E-state index in [-0.39, 0.29) is 19.4 Å². The molecule has 0 rings (SSSR count). The number of carbonyl (C=O) groups excluding carboxylic acids is 1. The Hall–Kier alpha value is -2.01. The minimum absolute atomic E-state index is 0.0228. The Balaban J connectivity index is 3.46. The number of aliphatic carboxylic acids is 1. The molecule has 0 unspecified atom stereocenters. The Bertz CT molecular complexity index is 332. The van der Waals surface area contributed by atoms with E-state index in [1.165, 1.54) is 0 Å². The lowest BCUT2D eigenvalue weighted by molar-refractivity contribution is -0.146. The molecule has 5 nitrogen and oxygen atoms in total. The first-order valence-electron chi connectivity index (χ1n) is 4.87. The molecular formula is C11H13NO4. The zero-order valence-corrected chi connectivity index (χ0v) is 8.86. The fraction of sp³-hybridized carbons (Fsp3) is 0.545. The van der Waals surface area contributed by atoms with Gasteiger partial charge in [0.25, 0.3) is 0 Å². The van der Waals surface area contributed by atoms with Crippen molar-refractivity contribution in [3.8, 4) is 17.9 Å². The van der Waals surface area contributed by atoms with E-state index in [2.05, 4.69) is 16.6 Å². The van der Waals surface area contributed by atoms with Crippen molar-refractivity contribution in [2.45, 2.75) is 32.1 Å². The zero-order valence-electron chi connectivity index (χ0n) is 8.86. The minimum atomic E-state index is -1.03. The number of hydrogen-bond donors (Lipinski definition) is 1. The molecule has 0 heterocycles. The van der Waals surface area contributed by atoms with Crippen LogP contribution in [0.5, 0.6) is 0 Å². The molecular weight excluding hydrogens is 210 g/mol. The highest BCUT2D eigenvalue weighted by molar-refractivity contribution is 5.76. The average Bonchev–Trinajstić information content (AvgIpc) is 2.25. The van der Waals surface area contributed by atoms with Crippen molar-refractivity contribution in [1.29, 1.82) is 5.26 Å². The van der Waals surface area contributed by atoms with Crippen LogP contribution in [0.25, 0.3) is 0 Å². The van der Waals surface area contributed by atoms with Gasteiger partial charge in [0.1, 0.15) is 0 Å². The average molecular weight is 223 g/mol. The molecule has 0 aliphatic rings. The Morgan fingerprint density at radius 2 is 1.94 bits per heavy atom. The number of esters is 1. The van der Waals surface area contributed by atoms with E-state index >= 15 is 0 Å². The number of carboxylic acids is 1. The number of rotatable bonds is 6. The van der Waals surface area contributed by atoms with Gasteiger partial charge in [-0.1, -0.05) is 11.8 Å². The maximum absolute atomic E-state index is 10.9. The first-order valence-corrected chi connectivity index (χ1v) is 4.87. The molecule has 0 saturated carbocycles. The Morgan fingerprint density at radius 1 is 1.19 bits per heavy atom. The second-order valence-electron chi connectivity index (χ2n) is 2.92. The van der Waals surface area contributed by atoms with Gasteiger partial charge in [0.15, 0.2) is 6.61 Å². The van der Waals surface area contributed by atoms with Gasteiger partial charge in [-0.15, -0.1) is 0 Å². The standard InChI is InChI=1S/C11H13NO4/c12-8-4-2-1-3-5-9-16-11(15)7-6-10(13)14/h1-2,4,6-7,9H2,(H,13,14). The van der Waals surface area contributed by atoms with Crippen molar-refractivity contribution in [2.75, 3.05) is 6.61 Å². The molecule has 0 saturated heterocycles. The maximum Gasteiger partial charge on any atom is 0.307 e. The van der Waals surface area contributed by atoms with Crippen LogP contribution in [-0.2, 0) is 14.3 Å². The third-order valence-corrected chi connectivity index (χ3v) is 1.56. The van der Waals surface area contributed by atoms with E-state index in [0.717, 1.165) is 0 Å². The van der Waals surface area contributed by atoms with Crippen LogP contribution in [0.15, 0.2) is 0 Å². The van der Waals surface area contributed by atoms with E-state index in [4.69, 9.17) is 10.4 Å². The molecule has 1 N–H and O–H groups in total. The summed E-state index contributed by atoms with van der Waals surface area (Å²) in [5.41, 5.74) is 0. The molecule has 0 aromatic heterocycles. The number of ether oxygens (including phenoxy) is 1. The monoisotopic (exact) mass is 223 g/mol. The number of hydrogen-bond acceptors (Lipinski definition) is 4. The van der Waals surface area contributed by atoms with Crippen LogP contribution in [-0.4, -0.2) is 23.7 Å². The van der Waals surface area contributed by atoms with Crippen molar-refractivity contribution < 1.29 is 19.4 Å². The molecule has 0 aromatic rings. The number of unbranched alkanes of at least 4 members (excludes halogenated alkanes) is 2. The number of nitriles is 1. The van der Waals surface area contributed by atoms with E-state index in [1.54, 1.807) is 0 Å². The molecule has 86 valence electrons. The van der Waals surface area contributed by atoms with Crippen LogP contribution >= 0.6 is 0 Å². The second kappa shape index (κ2) is 9.54. The van der Waals surface area contributed by atoms with Crippen molar-refractivity contribution in [1.82, 2.24) is 0 Å². The SMILES string of the molecule is N#CCCCC#CCOC(=O)CCC(=O)O. The summed E-state index contributed by atoms with van der Waals surface area (Å²) < 4.78 is 4.66. The summed E-state index contributed by atoms with van der Waals surface area (Å²) >= 11 is 0. The van der Waals surface area contributed by atoms with Crippen LogP contribution in [0.2, 0.25) is 0 Å². The predicted molar refractivity (Wildman–Crippen MR) is 55.1 cm³/mol. The molecule has 0 aliphatic carbocycles. The summed E-state index contributed by atoms with van der Waals surface area (Å²) in [6.07, 6.45) is 1.41. The van der Waals surface area contributed by atoms with Gasteiger partial charge in [-0.25, -0.2) is 0 Å². The quantitative estimate of drug-likeness (QED) is 0.413. The lowest BCUT2D eigenvalue weighted by Crippen LogP contribution is -2.07. The van der Waals surface area contributed by atoms with Gasteiger partial charge in [0.2, 0.25) is 0 Å². The lowest BCUT2D eigenvalue weighted by Gasteiger charge is -1.97. The molecule has 0 aliphatic heterocycles. The molecule has 0 spiro atoms. The summed E-state index contributed by atoms with van der Waals surface area (Å²) in [4.78, 5) is 21.0. The van der Waals surface area contributed by atoms with Gasteiger partial charge in [-0.3, -0.25) is 9.59 Å². The molecule has 0 radical (unpaired) electrons. The van der Waals surface area contributed by atoms with Gasteiger partial charge in [0.05, 0.1) is 18.9 Å². The highest BCUT2D eigenvalue weighted by Crippen LogP contribution is 1.93. The van der Waals surface area contributed by atoms with Gasteiger partial charge in [-0.05, 0) is 6.42 Å². The van der Waals surface area contributed by atoms with Crippen LogP contribution in [0, 0.1) is 23.2 Å². The molecule has 0 bridgehead atoms. The van der Waals surface area contributed by atoms with E-state index < -0.39 is 11.9 Å². The summed E-state index contributed by atoms with van der Waals surface area (Å²) in [5, 5.41) is 16.5. The fourth-order valence-corrected chi connectivity index (χ4v) is 0.793. The predicted octanol–water partition coefficient (Wildman–Crippen LogP) is 1.09. The fourth-order valence-electron chi connectivity index (χ4n) is 0.793. The number of carboxylic acid groups (broad SMARTS) is 1. The first kappa shape index (κ1) is 14.0. The number of nitrogens with zero attached hydrogens (tertiary/aromatic N) is 1. The van der Waals surface area contributed by atoms with Crippen molar-refractivity contribution in [3.63, 3.8) is 0 Å². The van der Waals surface area contributed by atoms with Gasteiger partial charge < -0.3 is 9.84 Å². The van der Waals surface area contributed by atoms with E-state index in [9.17, 15) is 9.59 Å². The lowest BCUT2D eigenvalue weighted by atomic mass is 10.2. The van der Waals surface area contributed by atoms with Gasteiger partial charge >= 0.3 is 11.9 Å². The number of carbonyl (C=O) groups is 2. The van der Waals surface area contributed by atoms with Gasteiger partial charge in [-0.2, -0.15) is 5.26 Å².